The molecule has 19 heavy (non-hydrogen) atoms. The first-order valence-electron chi connectivity index (χ1n) is 6.03. The molecule has 0 saturated heterocycles. The first-order valence-corrected chi connectivity index (χ1v) is 8.07. The number of aromatic nitrogens is 1. The fraction of sp³-hybridized carbons (Fsp3) is 0.286. The van der Waals surface area contributed by atoms with Gasteiger partial charge in [-0.15, -0.1) is 23.1 Å². The fourth-order valence-corrected chi connectivity index (χ4v) is 3.15. The molecule has 5 heteroatoms. The molecule has 2 aromatic rings. The monoisotopic (exact) mass is 293 g/mol. The van der Waals surface area contributed by atoms with Crippen molar-refractivity contribution in [3.63, 3.8) is 0 Å². The van der Waals surface area contributed by atoms with Gasteiger partial charge in [-0.1, -0.05) is 25.5 Å². The Hall–Kier alpha value is -1.33. The van der Waals surface area contributed by atoms with Crippen molar-refractivity contribution in [3.8, 4) is 10.6 Å². The first kappa shape index (κ1) is 14.1. The van der Waals surface area contributed by atoms with Crippen molar-refractivity contribution in [2.24, 2.45) is 0 Å². The van der Waals surface area contributed by atoms with Gasteiger partial charge in [0.15, 0.2) is 0 Å². The van der Waals surface area contributed by atoms with Gasteiger partial charge in [-0.25, -0.2) is 9.78 Å². The number of rotatable bonds is 5. The van der Waals surface area contributed by atoms with Crippen molar-refractivity contribution in [2.75, 3.05) is 6.26 Å². The van der Waals surface area contributed by atoms with Crippen molar-refractivity contribution in [3.05, 3.63) is 34.8 Å². The Balaban J connectivity index is 2.38. The van der Waals surface area contributed by atoms with E-state index in [0.717, 1.165) is 17.0 Å². The maximum Gasteiger partial charge on any atom is 0.347 e. The standard InChI is InChI=1S/C14H15NO2S2/c1-3-4-11-12(14(16)17)19-13(15-11)9-5-7-10(18-2)8-6-9/h5-8H,3-4H2,1-2H3,(H,16,17). The molecule has 100 valence electrons. The van der Waals surface area contributed by atoms with Crippen LogP contribution in [-0.2, 0) is 6.42 Å². The minimum atomic E-state index is -0.882. The molecule has 0 aliphatic heterocycles. The molecule has 0 atom stereocenters. The minimum absolute atomic E-state index is 0.366. The van der Waals surface area contributed by atoms with Gasteiger partial charge in [0.2, 0.25) is 0 Å². The van der Waals surface area contributed by atoms with E-state index >= 15 is 0 Å². The van der Waals surface area contributed by atoms with Gasteiger partial charge in [0, 0.05) is 10.5 Å². The highest BCUT2D eigenvalue weighted by Crippen LogP contribution is 2.30. The Morgan fingerprint density at radius 2 is 2.05 bits per heavy atom. The summed E-state index contributed by atoms with van der Waals surface area (Å²) >= 11 is 2.94. The molecule has 1 N–H and O–H groups in total. The molecule has 3 nitrogen and oxygen atoms in total. The van der Waals surface area contributed by atoms with E-state index in [0.29, 0.717) is 17.0 Å². The lowest BCUT2D eigenvalue weighted by molar-refractivity contribution is 0.0700. The van der Waals surface area contributed by atoms with Gasteiger partial charge >= 0.3 is 5.97 Å². The molecule has 0 radical (unpaired) electrons. The van der Waals surface area contributed by atoms with Gasteiger partial charge in [-0.2, -0.15) is 0 Å². The topological polar surface area (TPSA) is 50.2 Å². The Morgan fingerprint density at radius 1 is 1.37 bits per heavy atom. The summed E-state index contributed by atoms with van der Waals surface area (Å²) in [6.45, 7) is 2.03. The van der Waals surface area contributed by atoms with E-state index in [9.17, 15) is 9.90 Å². The number of carboxylic acid groups (broad SMARTS) is 1. The van der Waals surface area contributed by atoms with E-state index in [4.69, 9.17) is 0 Å². The summed E-state index contributed by atoms with van der Waals surface area (Å²) in [5.41, 5.74) is 1.68. The lowest BCUT2D eigenvalue weighted by atomic mass is 10.2. The molecule has 1 aromatic heterocycles. The molecule has 0 aliphatic rings. The van der Waals surface area contributed by atoms with Gasteiger partial charge in [-0.3, -0.25) is 0 Å². The van der Waals surface area contributed by atoms with Crippen molar-refractivity contribution < 1.29 is 9.90 Å². The van der Waals surface area contributed by atoms with Crippen LogP contribution in [0.5, 0.6) is 0 Å². The summed E-state index contributed by atoms with van der Waals surface area (Å²) in [5, 5.41) is 9.99. The van der Waals surface area contributed by atoms with Crippen LogP contribution < -0.4 is 0 Å². The predicted octanol–water partition coefficient (Wildman–Crippen LogP) is 4.18. The van der Waals surface area contributed by atoms with Gasteiger partial charge in [0.25, 0.3) is 0 Å². The second kappa shape index (κ2) is 6.21. The molecule has 0 unspecified atom stereocenters. The zero-order chi connectivity index (χ0) is 13.8. The summed E-state index contributed by atoms with van der Waals surface area (Å²) in [6, 6.07) is 8.04. The second-order valence-corrected chi connectivity index (χ2v) is 5.96. The average molecular weight is 293 g/mol. The molecular formula is C14H15NO2S2. The minimum Gasteiger partial charge on any atom is -0.477 e. The number of hydrogen-bond acceptors (Lipinski definition) is 4. The van der Waals surface area contributed by atoms with Crippen molar-refractivity contribution in [2.45, 2.75) is 24.7 Å². The Morgan fingerprint density at radius 3 is 2.58 bits per heavy atom. The second-order valence-electron chi connectivity index (χ2n) is 4.08. The predicted molar refractivity (Wildman–Crippen MR) is 80.3 cm³/mol. The number of benzene rings is 1. The first-order chi connectivity index (χ1) is 9.15. The number of aromatic carboxylic acids is 1. The number of thioether (sulfide) groups is 1. The molecule has 1 aromatic carbocycles. The number of carbonyl (C=O) groups is 1. The Bertz CT molecular complexity index is 576. The number of hydrogen-bond donors (Lipinski definition) is 1. The molecule has 2 rings (SSSR count). The number of aryl methyl sites for hydroxylation is 1. The average Bonchev–Trinajstić information content (AvgIpc) is 2.83. The molecule has 0 saturated carbocycles. The van der Waals surface area contributed by atoms with Crippen LogP contribution >= 0.6 is 23.1 Å². The van der Waals surface area contributed by atoms with Crippen LogP contribution in [0.3, 0.4) is 0 Å². The van der Waals surface area contributed by atoms with Gasteiger partial charge in [-0.05, 0) is 24.8 Å². The largest absolute Gasteiger partial charge is 0.477 e. The third kappa shape index (κ3) is 3.16. The summed E-state index contributed by atoms with van der Waals surface area (Å²) in [7, 11) is 0. The van der Waals surface area contributed by atoms with Crippen molar-refractivity contribution in [1.29, 1.82) is 0 Å². The summed E-state index contributed by atoms with van der Waals surface area (Å²) in [5.74, 6) is -0.882. The quantitative estimate of drug-likeness (QED) is 0.840. The maximum atomic E-state index is 11.2. The molecule has 0 amide bonds. The van der Waals surface area contributed by atoms with Crippen molar-refractivity contribution >= 4 is 29.1 Å². The van der Waals surface area contributed by atoms with Crippen LogP contribution in [0.2, 0.25) is 0 Å². The molecular weight excluding hydrogens is 278 g/mol. The number of nitrogens with zero attached hydrogens (tertiary/aromatic N) is 1. The number of carboxylic acids is 1. The highest BCUT2D eigenvalue weighted by atomic mass is 32.2. The van der Waals surface area contributed by atoms with Gasteiger partial charge in [0.05, 0.1) is 5.69 Å². The van der Waals surface area contributed by atoms with E-state index in [1.54, 1.807) is 11.8 Å². The third-order valence-corrected chi connectivity index (χ3v) is 4.59. The lowest BCUT2D eigenvalue weighted by Crippen LogP contribution is -1.98. The molecule has 1 heterocycles. The normalized spacial score (nSPS) is 10.6. The fourth-order valence-electron chi connectivity index (χ4n) is 1.78. The highest BCUT2D eigenvalue weighted by molar-refractivity contribution is 7.98. The summed E-state index contributed by atoms with van der Waals surface area (Å²) < 4.78 is 0. The van der Waals surface area contributed by atoms with Gasteiger partial charge < -0.3 is 5.11 Å². The van der Waals surface area contributed by atoms with Crippen molar-refractivity contribution in [1.82, 2.24) is 4.98 Å². The Labute approximate surface area is 120 Å². The molecule has 0 spiro atoms. The smallest absolute Gasteiger partial charge is 0.347 e. The zero-order valence-corrected chi connectivity index (χ0v) is 12.5. The summed E-state index contributed by atoms with van der Waals surface area (Å²) in [4.78, 5) is 17.2. The SMILES string of the molecule is CCCc1nc(-c2ccc(SC)cc2)sc1C(=O)O. The van der Waals surface area contributed by atoms with Crippen LogP contribution in [0.4, 0.5) is 0 Å². The van der Waals surface area contributed by atoms with E-state index in [2.05, 4.69) is 4.98 Å². The van der Waals surface area contributed by atoms with Gasteiger partial charge in [0.1, 0.15) is 9.88 Å². The molecule has 0 aliphatic carbocycles. The highest BCUT2D eigenvalue weighted by Gasteiger charge is 2.17. The van der Waals surface area contributed by atoms with E-state index in [-0.39, 0.29) is 0 Å². The van der Waals surface area contributed by atoms with E-state index < -0.39 is 5.97 Å². The third-order valence-electron chi connectivity index (χ3n) is 2.72. The lowest BCUT2D eigenvalue weighted by Gasteiger charge is -1.98. The summed E-state index contributed by atoms with van der Waals surface area (Å²) in [6.07, 6.45) is 3.64. The zero-order valence-electron chi connectivity index (χ0n) is 10.8. The maximum absolute atomic E-state index is 11.2. The van der Waals surface area contributed by atoms with Crippen LogP contribution in [0.1, 0.15) is 28.7 Å². The van der Waals surface area contributed by atoms with E-state index in [1.165, 1.54) is 16.2 Å². The molecule has 0 bridgehead atoms. The van der Waals surface area contributed by atoms with Crippen LogP contribution in [0, 0.1) is 0 Å². The van der Waals surface area contributed by atoms with Crippen LogP contribution in [0.25, 0.3) is 10.6 Å². The molecule has 0 fully saturated rings. The Kier molecular flexibility index (Phi) is 4.61. The van der Waals surface area contributed by atoms with E-state index in [1.807, 2.05) is 37.4 Å². The number of thiazole rings is 1. The van der Waals surface area contributed by atoms with Crippen LogP contribution in [-0.4, -0.2) is 22.3 Å². The van der Waals surface area contributed by atoms with Crippen LogP contribution in [0.15, 0.2) is 29.2 Å².